The van der Waals surface area contributed by atoms with Gasteiger partial charge in [0, 0.05) is 5.56 Å². The summed E-state index contributed by atoms with van der Waals surface area (Å²) in [5.41, 5.74) is 1.39. The second-order valence-corrected chi connectivity index (χ2v) is 3.54. The molecule has 5 nitrogen and oxygen atoms in total. The first-order valence-corrected chi connectivity index (χ1v) is 4.93. The van der Waals surface area contributed by atoms with Crippen LogP contribution < -0.4 is 9.47 Å². The minimum absolute atomic E-state index is 0.118. The zero-order valence-electron chi connectivity index (χ0n) is 10.2. The molecule has 0 heterocycles. The van der Waals surface area contributed by atoms with Gasteiger partial charge in [0.15, 0.2) is 11.5 Å². The fraction of sp³-hybridized carbons (Fsp3) is 0.333. The van der Waals surface area contributed by atoms with Crippen molar-refractivity contribution in [1.29, 1.82) is 0 Å². The molecule has 1 aromatic carbocycles. The van der Waals surface area contributed by atoms with E-state index in [-0.39, 0.29) is 5.56 Å². The first-order chi connectivity index (χ1) is 7.93. The molecule has 0 unspecified atom stereocenters. The maximum absolute atomic E-state index is 11.5. The number of ether oxygens (including phenoxy) is 2. The zero-order valence-corrected chi connectivity index (χ0v) is 10.2. The molecule has 0 amide bonds. The van der Waals surface area contributed by atoms with Gasteiger partial charge < -0.3 is 14.6 Å². The SMILES string of the molecule is COc1cc(C(=O)C(=O)O)c(C)c(C)c1OC. The molecule has 1 aromatic rings. The highest BCUT2D eigenvalue weighted by Gasteiger charge is 2.22. The number of rotatable bonds is 4. The molecule has 92 valence electrons. The van der Waals surface area contributed by atoms with Crippen LogP contribution in [0.2, 0.25) is 0 Å². The quantitative estimate of drug-likeness (QED) is 0.637. The van der Waals surface area contributed by atoms with Crippen LogP contribution in [0.4, 0.5) is 0 Å². The number of hydrogen-bond acceptors (Lipinski definition) is 4. The third-order valence-corrected chi connectivity index (χ3v) is 2.67. The number of ketones is 1. The Kier molecular flexibility index (Phi) is 3.73. The molecule has 0 spiro atoms. The van der Waals surface area contributed by atoms with E-state index in [0.717, 1.165) is 0 Å². The Morgan fingerprint density at radius 1 is 1.12 bits per heavy atom. The topological polar surface area (TPSA) is 72.8 Å². The van der Waals surface area contributed by atoms with Crippen molar-refractivity contribution in [3.8, 4) is 11.5 Å². The largest absolute Gasteiger partial charge is 0.493 e. The van der Waals surface area contributed by atoms with Crippen molar-refractivity contribution in [2.75, 3.05) is 14.2 Å². The van der Waals surface area contributed by atoms with Crippen LogP contribution >= 0.6 is 0 Å². The van der Waals surface area contributed by atoms with E-state index in [1.807, 2.05) is 0 Å². The number of hydrogen-bond donors (Lipinski definition) is 1. The van der Waals surface area contributed by atoms with Gasteiger partial charge in [0.25, 0.3) is 5.78 Å². The molecular formula is C12H14O5. The summed E-state index contributed by atoms with van der Waals surface area (Å²) in [7, 11) is 2.92. The van der Waals surface area contributed by atoms with Crippen molar-refractivity contribution in [2.45, 2.75) is 13.8 Å². The summed E-state index contributed by atoms with van der Waals surface area (Å²) in [6, 6.07) is 1.39. The third kappa shape index (κ3) is 2.22. The van der Waals surface area contributed by atoms with Crippen molar-refractivity contribution in [3.63, 3.8) is 0 Å². The Hall–Kier alpha value is -2.04. The molecule has 0 fully saturated rings. The van der Waals surface area contributed by atoms with Gasteiger partial charge in [-0.1, -0.05) is 0 Å². The monoisotopic (exact) mass is 238 g/mol. The zero-order chi connectivity index (χ0) is 13.2. The average molecular weight is 238 g/mol. The number of methoxy groups -OCH3 is 2. The van der Waals surface area contributed by atoms with Crippen molar-refractivity contribution in [3.05, 3.63) is 22.8 Å². The summed E-state index contributed by atoms with van der Waals surface area (Å²) in [5.74, 6) is -1.58. The van der Waals surface area contributed by atoms with Gasteiger partial charge in [-0.3, -0.25) is 4.79 Å². The minimum Gasteiger partial charge on any atom is -0.493 e. The van der Waals surface area contributed by atoms with Gasteiger partial charge in [0.2, 0.25) is 0 Å². The van der Waals surface area contributed by atoms with Crippen molar-refractivity contribution >= 4 is 11.8 Å². The lowest BCUT2D eigenvalue weighted by Crippen LogP contribution is -2.15. The Labute approximate surface area is 99.0 Å². The van der Waals surface area contributed by atoms with E-state index in [0.29, 0.717) is 22.6 Å². The molecule has 1 rings (SSSR count). The van der Waals surface area contributed by atoms with Crippen LogP contribution in [0, 0.1) is 13.8 Å². The van der Waals surface area contributed by atoms with Gasteiger partial charge in [-0.2, -0.15) is 0 Å². The highest BCUT2D eigenvalue weighted by atomic mass is 16.5. The predicted molar refractivity (Wildman–Crippen MR) is 61.0 cm³/mol. The standard InChI is InChI=1S/C12H14O5/c1-6-7(2)11(17-4)9(16-3)5-8(6)10(13)12(14)15/h5H,1-4H3,(H,14,15). The molecule has 0 saturated heterocycles. The maximum atomic E-state index is 11.5. The highest BCUT2D eigenvalue weighted by Crippen LogP contribution is 2.35. The van der Waals surface area contributed by atoms with E-state index in [9.17, 15) is 9.59 Å². The molecule has 0 radical (unpaired) electrons. The van der Waals surface area contributed by atoms with Crippen molar-refractivity contribution in [2.24, 2.45) is 0 Å². The van der Waals surface area contributed by atoms with Crippen LogP contribution in [0.15, 0.2) is 6.07 Å². The number of carboxylic acid groups (broad SMARTS) is 1. The Morgan fingerprint density at radius 3 is 2.12 bits per heavy atom. The molecule has 0 atom stereocenters. The highest BCUT2D eigenvalue weighted by molar-refractivity contribution is 6.40. The van der Waals surface area contributed by atoms with Gasteiger partial charge in [0.1, 0.15) is 0 Å². The molecule has 0 saturated carbocycles. The van der Waals surface area contributed by atoms with Crippen LogP contribution in [-0.2, 0) is 4.79 Å². The number of carboxylic acids is 1. The molecule has 0 aliphatic carbocycles. The molecule has 0 bridgehead atoms. The molecule has 0 aliphatic heterocycles. The number of aliphatic carboxylic acids is 1. The van der Waals surface area contributed by atoms with Crippen LogP contribution in [-0.4, -0.2) is 31.1 Å². The maximum Gasteiger partial charge on any atom is 0.377 e. The molecule has 0 aromatic heterocycles. The first kappa shape index (κ1) is 13.0. The smallest absolute Gasteiger partial charge is 0.377 e. The molecule has 17 heavy (non-hydrogen) atoms. The lowest BCUT2D eigenvalue weighted by Gasteiger charge is -2.15. The molecule has 0 aliphatic rings. The Balaban J connectivity index is 3.50. The normalized spacial score (nSPS) is 9.88. The molecular weight excluding hydrogens is 224 g/mol. The van der Waals surface area contributed by atoms with Crippen molar-refractivity contribution < 1.29 is 24.2 Å². The third-order valence-electron chi connectivity index (χ3n) is 2.67. The molecule has 1 N–H and O–H groups in total. The summed E-state index contributed by atoms with van der Waals surface area (Å²) in [6.45, 7) is 3.42. The van der Waals surface area contributed by atoms with E-state index >= 15 is 0 Å². The lowest BCUT2D eigenvalue weighted by atomic mass is 9.98. The van der Waals surface area contributed by atoms with Gasteiger partial charge in [-0.25, -0.2) is 4.79 Å². The van der Waals surface area contributed by atoms with Gasteiger partial charge in [0.05, 0.1) is 14.2 Å². The van der Waals surface area contributed by atoms with Crippen LogP contribution in [0.25, 0.3) is 0 Å². The average Bonchev–Trinajstić information content (AvgIpc) is 2.31. The minimum atomic E-state index is -1.49. The Morgan fingerprint density at radius 2 is 1.71 bits per heavy atom. The van der Waals surface area contributed by atoms with Crippen LogP contribution in [0.3, 0.4) is 0 Å². The fourth-order valence-corrected chi connectivity index (χ4v) is 1.62. The first-order valence-electron chi connectivity index (χ1n) is 4.93. The van der Waals surface area contributed by atoms with Crippen LogP contribution in [0.5, 0.6) is 11.5 Å². The summed E-state index contributed by atoms with van der Waals surface area (Å²) in [6.07, 6.45) is 0. The van der Waals surface area contributed by atoms with E-state index < -0.39 is 11.8 Å². The summed E-state index contributed by atoms with van der Waals surface area (Å²) < 4.78 is 10.2. The summed E-state index contributed by atoms with van der Waals surface area (Å²) in [5, 5.41) is 8.72. The Bertz CT molecular complexity index is 476. The fourth-order valence-electron chi connectivity index (χ4n) is 1.62. The summed E-state index contributed by atoms with van der Waals surface area (Å²) >= 11 is 0. The van der Waals surface area contributed by atoms with Gasteiger partial charge in [-0.15, -0.1) is 0 Å². The van der Waals surface area contributed by atoms with E-state index in [4.69, 9.17) is 14.6 Å². The van der Waals surface area contributed by atoms with E-state index in [1.165, 1.54) is 20.3 Å². The van der Waals surface area contributed by atoms with E-state index in [1.54, 1.807) is 13.8 Å². The number of carbonyl (C=O) groups excluding carboxylic acids is 1. The second-order valence-electron chi connectivity index (χ2n) is 3.54. The predicted octanol–water partition coefficient (Wildman–Crippen LogP) is 1.59. The van der Waals surface area contributed by atoms with Crippen molar-refractivity contribution in [1.82, 2.24) is 0 Å². The van der Waals surface area contributed by atoms with Gasteiger partial charge >= 0.3 is 5.97 Å². The number of Topliss-reactive ketones (excluding diaryl/α,β-unsaturated/α-hetero) is 1. The number of carbonyl (C=O) groups is 2. The second kappa shape index (κ2) is 4.86. The lowest BCUT2D eigenvalue weighted by molar-refractivity contribution is -0.131. The molecule has 5 heteroatoms. The number of benzene rings is 1. The summed E-state index contributed by atoms with van der Waals surface area (Å²) in [4.78, 5) is 22.2. The van der Waals surface area contributed by atoms with E-state index in [2.05, 4.69) is 0 Å². The van der Waals surface area contributed by atoms with Crippen LogP contribution in [0.1, 0.15) is 21.5 Å². The van der Waals surface area contributed by atoms with Gasteiger partial charge in [-0.05, 0) is 31.0 Å².